The molecule has 0 aliphatic rings. The van der Waals surface area contributed by atoms with Crippen LogP contribution in [0.15, 0.2) is 36.5 Å². The number of carboxylic acid groups (broad SMARTS) is 1. The number of ether oxygens (including phenoxy) is 1. The first-order chi connectivity index (χ1) is 23.6. The predicted octanol–water partition coefficient (Wildman–Crippen LogP) is 14.6. The van der Waals surface area contributed by atoms with E-state index in [0.29, 0.717) is 12.8 Å². The van der Waals surface area contributed by atoms with Gasteiger partial charge < -0.3 is 9.84 Å². The Hall–Kier alpha value is -1.84. The molecule has 0 aromatic heterocycles. The van der Waals surface area contributed by atoms with Gasteiger partial charge in [-0.15, -0.1) is 0 Å². The summed E-state index contributed by atoms with van der Waals surface area (Å²) in [6.07, 6.45) is 51.9. The predicted molar refractivity (Wildman–Crippen MR) is 209 cm³/mol. The molecular formula is C44H80O4. The van der Waals surface area contributed by atoms with Crippen molar-refractivity contribution in [2.45, 2.75) is 232 Å². The molecule has 0 heterocycles. The van der Waals surface area contributed by atoms with Crippen LogP contribution >= 0.6 is 0 Å². The number of rotatable bonds is 38. The van der Waals surface area contributed by atoms with Crippen LogP contribution in [0.4, 0.5) is 0 Å². The molecule has 1 atom stereocenters. The molecule has 0 saturated heterocycles. The summed E-state index contributed by atoms with van der Waals surface area (Å²) >= 11 is 0. The molecule has 0 aromatic rings. The van der Waals surface area contributed by atoms with Gasteiger partial charge in [0.1, 0.15) is 6.10 Å². The molecule has 0 aliphatic carbocycles. The Balaban J connectivity index is 3.84. The summed E-state index contributed by atoms with van der Waals surface area (Å²) < 4.78 is 6.03. The molecule has 0 bridgehead atoms. The van der Waals surface area contributed by atoms with Crippen LogP contribution < -0.4 is 0 Å². The van der Waals surface area contributed by atoms with E-state index in [0.717, 1.165) is 57.8 Å². The Morgan fingerprint density at radius 3 is 1.35 bits per heavy atom. The molecule has 1 unspecified atom stereocenters. The zero-order chi connectivity index (χ0) is 35.0. The van der Waals surface area contributed by atoms with Crippen molar-refractivity contribution in [2.24, 2.45) is 0 Å². The molecule has 48 heavy (non-hydrogen) atoms. The zero-order valence-electron chi connectivity index (χ0n) is 32.0. The van der Waals surface area contributed by atoms with Gasteiger partial charge in [0, 0.05) is 12.8 Å². The van der Waals surface area contributed by atoms with E-state index < -0.39 is 5.97 Å². The maximum absolute atomic E-state index is 12.7. The van der Waals surface area contributed by atoms with E-state index in [2.05, 4.69) is 50.3 Å². The van der Waals surface area contributed by atoms with Crippen LogP contribution in [0.3, 0.4) is 0 Å². The number of allylic oxidation sites excluding steroid dienone is 6. The number of hydrogen-bond acceptors (Lipinski definition) is 3. The van der Waals surface area contributed by atoms with Crippen molar-refractivity contribution < 1.29 is 19.4 Å². The van der Waals surface area contributed by atoms with Gasteiger partial charge in [0.25, 0.3) is 0 Å². The lowest BCUT2D eigenvalue weighted by atomic mass is 10.0. The van der Waals surface area contributed by atoms with Gasteiger partial charge in [-0.3, -0.25) is 9.59 Å². The quantitative estimate of drug-likeness (QED) is 0.0403. The maximum atomic E-state index is 12.7. The topological polar surface area (TPSA) is 63.6 Å². The Labute approximate surface area is 299 Å². The third-order valence-electron chi connectivity index (χ3n) is 9.38. The molecule has 0 amide bonds. The first-order valence-corrected chi connectivity index (χ1v) is 21.0. The SMILES string of the molecule is CC/C=C\C/C=C\C/C=C\CCCCCCCCCCCC(=O)OC(CCCCCCC)CCCCCCCCCCCCCC(=O)O. The highest BCUT2D eigenvalue weighted by Gasteiger charge is 2.14. The lowest BCUT2D eigenvalue weighted by molar-refractivity contribution is -0.150. The number of carbonyl (C=O) groups excluding carboxylic acids is 1. The summed E-state index contributed by atoms with van der Waals surface area (Å²) in [4.78, 5) is 23.2. The first-order valence-electron chi connectivity index (χ1n) is 21.0. The Kier molecular flexibility index (Phi) is 38.1. The Morgan fingerprint density at radius 2 is 0.875 bits per heavy atom. The summed E-state index contributed by atoms with van der Waals surface area (Å²) in [7, 11) is 0. The molecule has 0 aliphatic heterocycles. The van der Waals surface area contributed by atoms with Gasteiger partial charge in [-0.05, 0) is 70.6 Å². The van der Waals surface area contributed by atoms with Crippen LogP contribution in [0.1, 0.15) is 226 Å². The van der Waals surface area contributed by atoms with E-state index in [9.17, 15) is 9.59 Å². The minimum atomic E-state index is -0.672. The first kappa shape index (κ1) is 46.2. The average molecular weight is 673 g/mol. The highest BCUT2D eigenvalue weighted by molar-refractivity contribution is 5.69. The number of carbonyl (C=O) groups is 2. The molecule has 0 aromatic carbocycles. The standard InChI is InChI=1S/C44H80O4/c1-3-5-7-9-10-11-12-13-14-15-16-17-18-19-23-26-29-33-37-41-44(47)48-42(38-34-30-8-6-4-2)39-35-31-27-24-21-20-22-25-28-32-36-40-43(45)46/h5,7,10-11,13-14,42H,3-4,6,8-9,12,15-41H2,1-2H3,(H,45,46)/b7-5-,11-10-,14-13-. The van der Waals surface area contributed by atoms with E-state index in [1.807, 2.05) is 0 Å². The fourth-order valence-electron chi connectivity index (χ4n) is 6.32. The Morgan fingerprint density at radius 1 is 0.479 bits per heavy atom. The molecule has 0 radical (unpaired) electrons. The normalized spacial score (nSPS) is 12.5. The Bertz CT molecular complexity index is 768. The van der Waals surface area contributed by atoms with Crippen molar-refractivity contribution in [3.05, 3.63) is 36.5 Å². The number of unbranched alkanes of at least 4 members (excludes halogenated alkanes) is 23. The molecule has 0 saturated carbocycles. The van der Waals surface area contributed by atoms with E-state index in [-0.39, 0.29) is 12.1 Å². The minimum Gasteiger partial charge on any atom is -0.481 e. The van der Waals surface area contributed by atoms with Gasteiger partial charge in [-0.2, -0.15) is 0 Å². The molecule has 4 nitrogen and oxygen atoms in total. The number of esters is 1. The van der Waals surface area contributed by atoms with Gasteiger partial charge in [-0.25, -0.2) is 0 Å². The van der Waals surface area contributed by atoms with Crippen molar-refractivity contribution >= 4 is 11.9 Å². The zero-order valence-corrected chi connectivity index (χ0v) is 32.0. The molecular weight excluding hydrogens is 592 g/mol. The van der Waals surface area contributed by atoms with Crippen LogP contribution in [0.25, 0.3) is 0 Å². The summed E-state index contributed by atoms with van der Waals surface area (Å²) in [6, 6.07) is 0. The number of aliphatic carboxylic acids is 1. The number of hydrogen-bond donors (Lipinski definition) is 1. The molecule has 0 fully saturated rings. The van der Waals surface area contributed by atoms with Gasteiger partial charge in [-0.1, -0.05) is 179 Å². The summed E-state index contributed by atoms with van der Waals surface area (Å²) in [5, 5.41) is 8.70. The molecule has 0 rings (SSSR count). The van der Waals surface area contributed by atoms with E-state index in [4.69, 9.17) is 9.84 Å². The van der Waals surface area contributed by atoms with Gasteiger partial charge >= 0.3 is 11.9 Å². The smallest absolute Gasteiger partial charge is 0.306 e. The van der Waals surface area contributed by atoms with E-state index >= 15 is 0 Å². The third kappa shape index (κ3) is 38.6. The van der Waals surface area contributed by atoms with Crippen LogP contribution in [0, 0.1) is 0 Å². The van der Waals surface area contributed by atoms with Crippen molar-refractivity contribution in [1.82, 2.24) is 0 Å². The molecule has 1 N–H and O–H groups in total. The minimum absolute atomic E-state index is 0.0331. The lowest BCUT2D eigenvalue weighted by Crippen LogP contribution is -2.18. The van der Waals surface area contributed by atoms with Gasteiger partial charge in [0.15, 0.2) is 0 Å². The van der Waals surface area contributed by atoms with E-state index in [1.165, 1.54) is 141 Å². The van der Waals surface area contributed by atoms with Crippen LogP contribution in [0.5, 0.6) is 0 Å². The van der Waals surface area contributed by atoms with Crippen molar-refractivity contribution in [3.63, 3.8) is 0 Å². The van der Waals surface area contributed by atoms with Crippen LogP contribution in [0.2, 0.25) is 0 Å². The highest BCUT2D eigenvalue weighted by atomic mass is 16.5. The van der Waals surface area contributed by atoms with Gasteiger partial charge in [0.2, 0.25) is 0 Å². The van der Waals surface area contributed by atoms with Crippen molar-refractivity contribution in [3.8, 4) is 0 Å². The molecule has 4 heteroatoms. The number of carboxylic acids is 1. The lowest BCUT2D eigenvalue weighted by Gasteiger charge is -2.18. The van der Waals surface area contributed by atoms with Crippen LogP contribution in [-0.4, -0.2) is 23.1 Å². The fraction of sp³-hybridized carbons (Fsp3) is 0.818. The summed E-state index contributed by atoms with van der Waals surface area (Å²) in [5.74, 6) is -0.639. The summed E-state index contributed by atoms with van der Waals surface area (Å²) in [5.41, 5.74) is 0. The second-order valence-electron chi connectivity index (χ2n) is 14.2. The third-order valence-corrected chi connectivity index (χ3v) is 9.38. The molecule has 0 spiro atoms. The fourth-order valence-corrected chi connectivity index (χ4v) is 6.32. The van der Waals surface area contributed by atoms with Gasteiger partial charge in [0.05, 0.1) is 0 Å². The summed E-state index contributed by atoms with van der Waals surface area (Å²) in [6.45, 7) is 4.43. The highest BCUT2D eigenvalue weighted by Crippen LogP contribution is 2.19. The monoisotopic (exact) mass is 673 g/mol. The average Bonchev–Trinajstić information content (AvgIpc) is 3.07. The molecule has 280 valence electrons. The van der Waals surface area contributed by atoms with Crippen molar-refractivity contribution in [1.29, 1.82) is 0 Å². The maximum Gasteiger partial charge on any atom is 0.306 e. The largest absolute Gasteiger partial charge is 0.481 e. The van der Waals surface area contributed by atoms with E-state index in [1.54, 1.807) is 0 Å². The van der Waals surface area contributed by atoms with Crippen molar-refractivity contribution in [2.75, 3.05) is 0 Å². The van der Waals surface area contributed by atoms with Crippen LogP contribution in [-0.2, 0) is 14.3 Å². The second kappa shape index (κ2) is 39.6. The second-order valence-corrected chi connectivity index (χ2v) is 14.2.